The van der Waals surface area contributed by atoms with Gasteiger partial charge in [0.2, 0.25) is 15.9 Å². The molecule has 0 aromatic heterocycles. The molecule has 0 spiro atoms. The average Bonchev–Trinajstić information content (AvgIpc) is 2.90. The molecule has 1 unspecified atom stereocenters. The van der Waals surface area contributed by atoms with Crippen LogP contribution in [0.15, 0.2) is 23.1 Å². The summed E-state index contributed by atoms with van der Waals surface area (Å²) in [7, 11) is -0.856. The van der Waals surface area contributed by atoms with E-state index in [2.05, 4.69) is 0 Å². The number of carbonyl (C=O) groups excluding carboxylic acids is 1. The van der Waals surface area contributed by atoms with Crippen molar-refractivity contribution in [1.82, 2.24) is 9.21 Å². The van der Waals surface area contributed by atoms with Gasteiger partial charge in [-0.1, -0.05) is 6.07 Å². The lowest BCUT2D eigenvalue weighted by Gasteiger charge is -2.26. The Morgan fingerprint density at radius 2 is 2.10 bits per heavy atom. The Balaban J connectivity index is 2.43. The number of anilines is 1. The number of para-hydroxylation sites is 1. The summed E-state index contributed by atoms with van der Waals surface area (Å²) < 4.78 is 39.9. The van der Waals surface area contributed by atoms with Gasteiger partial charge in [-0.2, -0.15) is 4.31 Å². The Kier molecular flexibility index (Phi) is 4.20. The molecule has 1 aromatic rings. The first-order valence-electron chi connectivity index (χ1n) is 6.54. The normalized spacial score (nSPS) is 19.7. The van der Waals surface area contributed by atoms with Crippen molar-refractivity contribution in [3.8, 4) is 0 Å². The van der Waals surface area contributed by atoms with Crippen molar-refractivity contribution in [2.24, 2.45) is 0 Å². The maximum atomic E-state index is 13.5. The van der Waals surface area contributed by atoms with E-state index in [0.717, 1.165) is 10.4 Å². The zero-order valence-electron chi connectivity index (χ0n) is 11.9. The molecular weight excluding hydrogens is 297 g/mol. The van der Waals surface area contributed by atoms with E-state index >= 15 is 0 Å². The third-order valence-corrected chi connectivity index (χ3v) is 5.50. The molecule has 116 valence electrons. The number of nitrogens with two attached hydrogens (primary N) is 1. The van der Waals surface area contributed by atoms with Gasteiger partial charge in [0.05, 0.1) is 5.69 Å². The van der Waals surface area contributed by atoms with Gasteiger partial charge in [-0.05, 0) is 25.0 Å². The van der Waals surface area contributed by atoms with Crippen LogP contribution in [0.2, 0.25) is 0 Å². The molecule has 0 radical (unpaired) electrons. The molecule has 1 atom stereocenters. The number of amides is 1. The summed E-state index contributed by atoms with van der Waals surface area (Å²) in [5.74, 6) is -1.07. The maximum absolute atomic E-state index is 13.5. The number of rotatable bonds is 3. The standard InChI is InChI=1S/C13H18FN3O3S/c1-16(2)13(18)10-6-4-8-17(10)21(19,20)11-7-3-5-9(14)12(11)15/h3,5,7,10H,4,6,8,15H2,1-2H3. The van der Waals surface area contributed by atoms with Crippen molar-refractivity contribution in [2.75, 3.05) is 26.4 Å². The van der Waals surface area contributed by atoms with Gasteiger partial charge < -0.3 is 10.6 Å². The molecule has 2 N–H and O–H groups in total. The van der Waals surface area contributed by atoms with Crippen LogP contribution in [0, 0.1) is 5.82 Å². The number of nitrogens with zero attached hydrogens (tertiary/aromatic N) is 2. The first-order valence-corrected chi connectivity index (χ1v) is 7.98. The second kappa shape index (κ2) is 5.61. The highest BCUT2D eigenvalue weighted by molar-refractivity contribution is 7.89. The molecule has 0 bridgehead atoms. The Hall–Kier alpha value is -1.67. The number of likely N-dealkylation sites (N-methyl/N-ethyl adjacent to an activating group) is 1. The number of carbonyl (C=O) groups is 1. The lowest BCUT2D eigenvalue weighted by atomic mass is 10.2. The molecule has 0 saturated carbocycles. The first-order chi connectivity index (χ1) is 9.76. The Bertz CT molecular complexity index is 661. The highest BCUT2D eigenvalue weighted by Crippen LogP contribution is 2.30. The SMILES string of the molecule is CN(C)C(=O)C1CCCN1S(=O)(=O)c1cccc(F)c1N. The molecule has 1 aliphatic rings. The molecule has 1 saturated heterocycles. The minimum absolute atomic E-state index is 0.225. The molecule has 1 amide bonds. The molecule has 6 nitrogen and oxygen atoms in total. The van der Waals surface area contributed by atoms with Gasteiger partial charge in [0.1, 0.15) is 16.8 Å². The topological polar surface area (TPSA) is 83.7 Å². The second-order valence-corrected chi connectivity index (χ2v) is 7.02. The summed E-state index contributed by atoms with van der Waals surface area (Å²) in [4.78, 5) is 13.2. The third kappa shape index (κ3) is 2.73. The fourth-order valence-corrected chi connectivity index (χ4v) is 4.22. The summed E-state index contributed by atoms with van der Waals surface area (Å²) in [5, 5.41) is 0. The van der Waals surface area contributed by atoms with E-state index in [4.69, 9.17) is 5.73 Å². The summed E-state index contributed by atoms with van der Waals surface area (Å²) in [6, 6.07) is 2.88. The smallest absolute Gasteiger partial charge is 0.245 e. The quantitative estimate of drug-likeness (QED) is 0.830. The Morgan fingerprint density at radius 3 is 2.71 bits per heavy atom. The van der Waals surface area contributed by atoms with Gasteiger partial charge in [0.25, 0.3) is 0 Å². The predicted molar refractivity (Wildman–Crippen MR) is 76.4 cm³/mol. The minimum atomic E-state index is -4.00. The van der Waals surface area contributed by atoms with E-state index in [-0.39, 0.29) is 17.3 Å². The average molecular weight is 315 g/mol. The van der Waals surface area contributed by atoms with Gasteiger partial charge in [0.15, 0.2) is 0 Å². The van der Waals surface area contributed by atoms with Crippen molar-refractivity contribution in [1.29, 1.82) is 0 Å². The lowest BCUT2D eigenvalue weighted by molar-refractivity contribution is -0.132. The molecule has 1 heterocycles. The number of sulfonamides is 1. The van der Waals surface area contributed by atoms with Crippen molar-refractivity contribution >= 4 is 21.6 Å². The summed E-state index contributed by atoms with van der Waals surface area (Å²) in [6.45, 7) is 0.225. The van der Waals surface area contributed by atoms with Crippen molar-refractivity contribution < 1.29 is 17.6 Å². The molecule has 21 heavy (non-hydrogen) atoms. The molecule has 0 aliphatic carbocycles. The molecule has 1 aliphatic heterocycles. The lowest BCUT2D eigenvalue weighted by Crippen LogP contribution is -2.45. The monoisotopic (exact) mass is 315 g/mol. The van der Waals surface area contributed by atoms with Crippen LogP contribution in [0.1, 0.15) is 12.8 Å². The van der Waals surface area contributed by atoms with Crippen LogP contribution in [0.5, 0.6) is 0 Å². The molecule has 1 aromatic carbocycles. The van der Waals surface area contributed by atoms with E-state index in [1.165, 1.54) is 17.0 Å². The molecule has 8 heteroatoms. The van der Waals surface area contributed by atoms with Crippen molar-refractivity contribution in [3.63, 3.8) is 0 Å². The van der Waals surface area contributed by atoms with Crippen LogP contribution in [-0.2, 0) is 14.8 Å². The second-order valence-electron chi connectivity index (χ2n) is 5.16. The van der Waals surface area contributed by atoms with E-state index in [0.29, 0.717) is 12.8 Å². The van der Waals surface area contributed by atoms with Crippen LogP contribution in [0.3, 0.4) is 0 Å². The van der Waals surface area contributed by atoms with Gasteiger partial charge in [-0.15, -0.1) is 0 Å². The van der Waals surface area contributed by atoms with E-state index in [1.807, 2.05) is 0 Å². The minimum Gasteiger partial charge on any atom is -0.395 e. The highest BCUT2D eigenvalue weighted by atomic mass is 32.2. The fraction of sp³-hybridized carbons (Fsp3) is 0.462. The van der Waals surface area contributed by atoms with Crippen LogP contribution in [0.25, 0.3) is 0 Å². The van der Waals surface area contributed by atoms with Gasteiger partial charge in [-0.25, -0.2) is 12.8 Å². The van der Waals surface area contributed by atoms with Crippen LogP contribution >= 0.6 is 0 Å². The summed E-state index contributed by atoms with van der Waals surface area (Å²) >= 11 is 0. The third-order valence-electron chi connectivity index (χ3n) is 3.53. The molecule has 1 fully saturated rings. The van der Waals surface area contributed by atoms with Gasteiger partial charge in [0, 0.05) is 20.6 Å². The largest absolute Gasteiger partial charge is 0.395 e. The van der Waals surface area contributed by atoms with E-state index < -0.39 is 27.6 Å². The van der Waals surface area contributed by atoms with Crippen molar-refractivity contribution in [2.45, 2.75) is 23.8 Å². The Morgan fingerprint density at radius 1 is 1.43 bits per heavy atom. The van der Waals surface area contributed by atoms with Crippen LogP contribution in [-0.4, -0.2) is 50.2 Å². The van der Waals surface area contributed by atoms with Gasteiger partial charge >= 0.3 is 0 Å². The van der Waals surface area contributed by atoms with Gasteiger partial charge in [-0.3, -0.25) is 4.79 Å². The highest BCUT2D eigenvalue weighted by Gasteiger charge is 2.40. The number of halogens is 1. The first kappa shape index (κ1) is 15.7. The zero-order valence-corrected chi connectivity index (χ0v) is 12.7. The maximum Gasteiger partial charge on any atom is 0.245 e. The Labute approximate surface area is 123 Å². The van der Waals surface area contributed by atoms with Crippen molar-refractivity contribution in [3.05, 3.63) is 24.0 Å². The number of benzene rings is 1. The fourth-order valence-electron chi connectivity index (χ4n) is 2.44. The number of nitrogen functional groups attached to an aromatic ring is 1. The van der Waals surface area contributed by atoms with Crippen LogP contribution in [0.4, 0.5) is 10.1 Å². The number of hydrogen-bond donors (Lipinski definition) is 1. The van der Waals surface area contributed by atoms with E-state index in [9.17, 15) is 17.6 Å². The zero-order chi connectivity index (χ0) is 15.8. The summed E-state index contributed by atoms with van der Waals surface area (Å²) in [5.41, 5.74) is 5.13. The predicted octanol–water partition coefficient (Wildman–Crippen LogP) is 0.649. The molecule has 2 rings (SSSR count). The van der Waals surface area contributed by atoms with Crippen LogP contribution < -0.4 is 5.73 Å². The van der Waals surface area contributed by atoms with E-state index in [1.54, 1.807) is 14.1 Å². The summed E-state index contributed by atoms with van der Waals surface area (Å²) in [6.07, 6.45) is 1.03. The molecular formula is C13H18FN3O3S. The number of hydrogen-bond acceptors (Lipinski definition) is 4.